The van der Waals surface area contributed by atoms with Crippen molar-refractivity contribution < 1.29 is 14.3 Å². The zero-order valence-corrected chi connectivity index (χ0v) is 13.3. The molecule has 1 saturated heterocycles. The van der Waals surface area contributed by atoms with Gasteiger partial charge >= 0.3 is 0 Å². The predicted octanol–water partition coefficient (Wildman–Crippen LogP) is 2.00. The lowest BCUT2D eigenvalue weighted by atomic mass is 10.0. The fraction of sp³-hybridized carbons (Fsp3) is 0.385. The molecule has 0 aromatic carbocycles. The van der Waals surface area contributed by atoms with Crippen LogP contribution in [0, 0.1) is 0 Å². The summed E-state index contributed by atoms with van der Waals surface area (Å²) in [6.07, 6.45) is 2.10. The van der Waals surface area contributed by atoms with Crippen molar-refractivity contribution in [2.45, 2.75) is 12.0 Å². The van der Waals surface area contributed by atoms with Crippen molar-refractivity contribution >= 4 is 34.2 Å². The number of pyridine rings is 1. The van der Waals surface area contributed by atoms with Gasteiger partial charge in [0.15, 0.2) is 11.4 Å². The average molecular weight is 341 g/mol. The molecular formula is C13H13ClN4O3S. The highest BCUT2D eigenvalue weighted by molar-refractivity contribution is 7.10. The molecule has 2 aromatic rings. The van der Waals surface area contributed by atoms with E-state index in [-0.39, 0.29) is 12.5 Å². The highest BCUT2D eigenvalue weighted by Gasteiger charge is 2.43. The van der Waals surface area contributed by atoms with Gasteiger partial charge in [-0.15, -0.1) is 0 Å². The van der Waals surface area contributed by atoms with Gasteiger partial charge < -0.3 is 9.47 Å². The van der Waals surface area contributed by atoms with Gasteiger partial charge in [-0.1, -0.05) is 11.6 Å². The summed E-state index contributed by atoms with van der Waals surface area (Å²) in [5.41, 5.74) is -0.343. The first-order chi connectivity index (χ1) is 10.6. The number of nitrogens with zero attached hydrogens (tertiary/aromatic N) is 3. The Bertz CT molecular complexity index is 687. The second-order valence-corrected chi connectivity index (χ2v) is 5.83. The van der Waals surface area contributed by atoms with Crippen molar-refractivity contribution in [2.75, 3.05) is 25.6 Å². The van der Waals surface area contributed by atoms with Gasteiger partial charge in [-0.3, -0.25) is 10.1 Å². The molecule has 22 heavy (non-hydrogen) atoms. The molecule has 0 saturated carbocycles. The molecule has 7 nitrogen and oxygen atoms in total. The molecule has 3 rings (SSSR count). The summed E-state index contributed by atoms with van der Waals surface area (Å²) in [5.74, 6) is 0.139. The van der Waals surface area contributed by atoms with Crippen LogP contribution < -0.4 is 5.32 Å². The van der Waals surface area contributed by atoms with E-state index in [1.807, 2.05) is 0 Å². The Balaban J connectivity index is 1.77. The maximum absolute atomic E-state index is 12.4. The minimum atomic E-state index is -0.961. The van der Waals surface area contributed by atoms with Crippen LogP contribution in [0.4, 0.5) is 5.13 Å². The molecular weight excluding hydrogens is 328 g/mol. The summed E-state index contributed by atoms with van der Waals surface area (Å²) in [6, 6.07) is 3.51. The van der Waals surface area contributed by atoms with Crippen LogP contribution in [0.1, 0.15) is 6.42 Å². The summed E-state index contributed by atoms with van der Waals surface area (Å²) in [4.78, 5) is 20.6. The number of hydrogen-bond donors (Lipinski definition) is 1. The Labute approximate surface area is 135 Å². The molecule has 1 N–H and O–H groups in total. The third kappa shape index (κ3) is 2.82. The van der Waals surface area contributed by atoms with Gasteiger partial charge in [-0.05, 0) is 12.1 Å². The van der Waals surface area contributed by atoms with E-state index < -0.39 is 5.60 Å². The minimum absolute atomic E-state index is 0.232. The number of nitrogens with one attached hydrogen (secondary N) is 1. The Hall–Kier alpha value is -1.61. The summed E-state index contributed by atoms with van der Waals surface area (Å²) < 4.78 is 14.8. The van der Waals surface area contributed by atoms with Gasteiger partial charge in [0, 0.05) is 31.3 Å². The number of ether oxygens (including phenoxy) is 2. The molecule has 3 heterocycles. The van der Waals surface area contributed by atoms with Crippen molar-refractivity contribution in [1.29, 1.82) is 0 Å². The van der Waals surface area contributed by atoms with Crippen LogP contribution in [-0.4, -0.2) is 46.2 Å². The summed E-state index contributed by atoms with van der Waals surface area (Å²) >= 11 is 7.09. The van der Waals surface area contributed by atoms with Gasteiger partial charge in [-0.2, -0.15) is 9.36 Å². The second-order valence-electron chi connectivity index (χ2n) is 4.72. The van der Waals surface area contributed by atoms with E-state index in [2.05, 4.69) is 19.7 Å². The Morgan fingerprint density at radius 1 is 1.59 bits per heavy atom. The molecule has 0 bridgehead atoms. The van der Waals surface area contributed by atoms with E-state index >= 15 is 0 Å². The SMILES string of the molecule is COC1(C(=O)Nc2nc(-c3cccnc3Cl)ns2)CCOC1. The third-order valence-corrected chi connectivity index (χ3v) is 4.37. The fourth-order valence-electron chi connectivity index (χ4n) is 2.13. The van der Waals surface area contributed by atoms with Gasteiger partial charge in [0.25, 0.3) is 5.91 Å². The maximum atomic E-state index is 12.4. The van der Waals surface area contributed by atoms with E-state index in [0.717, 1.165) is 11.5 Å². The van der Waals surface area contributed by atoms with E-state index in [1.54, 1.807) is 18.3 Å². The third-order valence-electron chi connectivity index (χ3n) is 3.44. The molecule has 0 aliphatic carbocycles. The van der Waals surface area contributed by atoms with Gasteiger partial charge in [-0.25, -0.2) is 4.98 Å². The van der Waals surface area contributed by atoms with E-state index in [9.17, 15) is 4.79 Å². The summed E-state index contributed by atoms with van der Waals surface area (Å²) in [6.45, 7) is 0.726. The number of rotatable bonds is 4. The molecule has 1 aliphatic rings. The molecule has 1 unspecified atom stereocenters. The van der Waals surface area contributed by atoms with Crippen molar-refractivity contribution in [2.24, 2.45) is 0 Å². The highest BCUT2D eigenvalue weighted by Crippen LogP contribution is 2.28. The van der Waals surface area contributed by atoms with Gasteiger partial charge in [0.1, 0.15) is 5.15 Å². The van der Waals surface area contributed by atoms with Gasteiger partial charge in [0.05, 0.1) is 18.8 Å². The molecule has 0 spiro atoms. The smallest absolute Gasteiger partial charge is 0.260 e. The van der Waals surface area contributed by atoms with Crippen molar-refractivity contribution in [3.63, 3.8) is 0 Å². The second kappa shape index (κ2) is 6.25. The average Bonchev–Trinajstić information content (AvgIpc) is 3.17. The lowest BCUT2D eigenvalue weighted by molar-refractivity contribution is -0.137. The number of carbonyl (C=O) groups is 1. The molecule has 2 aromatic heterocycles. The van der Waals surface area contributed by atoms with E-state index in [1.165, 1.54) is 7.11 Å². The first kappa shape index (κ1) is 15.3. The van der Waals surface area contributed by atoms with E-state index in [0.29, 0.717) is 34.7 Å². The minimum Gasteiger partial charge on any atom is -0.378 e. The van der Waals surface area contributed by atoms with Gasteiger partial charge in [0.2, 0.25) is 5.13 Å². The van der Waals surface area contributed by atoms with E-state index in [4.69, 9.17) is 21.1 Å². The van der Waals surface area contributed by atoms with Crippen LogP contribution in [-0.2, 0) is 14.3 Å². The van der Waals surface area contributed by atoms with Crippen molar-refractivity contribution in [3.05, 3.63) is 23.5 Å². The number of hydrogen-bond acceptors (Lipinski definition) is 7. The lowest BCUT2D eigenvalue weighted by Crippen LogP contribution is -2.45. The summed E-state index contributed by atoms with van der Waals surface area (Å²) in [5, 5.41) is 3.42. The molecule has 1 fully saturated rings. The largest absolute Gasteiger partial charge is 0.378 e. The number of amides is 1. The quantitative estimate of drug-likeness (QED) is 0.857. The number of carbonyl (C=O) groups excluding carboxylic acids is 1. The lowest BCUT2D eigenvalue weighted by Gasteiger charge is -2.23. The van der Waals surface area contributed by atoms with Crippen LogP contribution >= 0.6 is 23.1 Å². The molecule has 116 valence electrons. The first-order valence-corrected chi connectivity index (χ1v) is 7.69. The Morgan fingerprint density at radius 3 is 3.14 bits per heavy atom. The predicted molar refractivity (Wildman–Crippen MR) is 82.0 cm³/mol. The standard InChI is InChI=1S/C13H13ClN4O3S/c1-20-13(4-6-21-7-13)11(19)17-12-16-10(18-22-12)8-3-2-5-15-9(8)14/h2-3,5H,4,6-7H2,1H3,(H,16,17,18,19). The van der Waals surface area contributed by atoms with Crippen LogP contribution in [0.5, 0.6) is 0 Å². The van der Waals surface area contributed by atoms with Crippen molar-refractivity contribution in [3.8, 4) is 11.4 Å². The Kier molecular flexibility index (Phi) is 4.34. The highest BCUT2D eigenvalue weighted by atomic mass is 35.5. The fourth-order valence-corrected chi connectivity index (χ4v) is 2.91. The molecule has 0 radical (unpaired) electrons. The van der Waals surface area contributed by atoms with Crippen molar-refractivity contribution in [1.82, 2.24) is 14.3 Å². The topological polar surface area (TPSA) is 86.2 Å². The normalized spacial score (nSPS) is 21.0. The number of methoxy groups -OCH3 is 1. The molecule has 9 heteroatoms. The van der Waals surface area contributed by atoms with Crippen LogP contribution in [0.3, 0.4) is 0 Å². The maximum Gasteiger partial charge on any atom is 0.260 e. The van der Waals surface area contributed by atoms with Crippen LogP contribution in [0.25, 0.3) is 11.4 Å². The molecule has 1 amide bonds. The monoisotopic (exact) mass is 340 g/mol. The van der Waals surface area contributed by atoms with Crippen LogP contribution in [0.2, 0.25) is 5.15 Å². The Morgan fingerprint density at radius 2 is 2.45 bits per heavy atom. The zero-order valence-electron chi connectivity index (χ0n) is 11.7. The number of aromatic nitrogens is 3. The molecule has 1 aliphatic heterocycles. The molecule has 1 atom stereocenters. The zero-order chi connectivity index (χ0) is 15.6. The summed E-state index contributed by atoms with van der Waals surface area (Å²) in [7, 11) is 1.50. The van der Waals surface area contributed by atoms with Crippen LogP contribution in [0.15, 0.2) is 18.3 Å². The number of halogens is 1. The number of anilines is 1. The first-order valence-electron chi connectivity index (χ1n) is 6.53.